The molecule has 1 aromatic rings. The lowest BCUT2D eigenvalue weighted by Crippen LogP contribution is -2.98. The first kappa shape index (κ1) is 11.4. The van der Waals surface area contributed by atoms with E-state index >= 15 is 0 Å². The molecule has 0 aromatic heterocycles. The molecule has 0 saturated carbocycles. The molecule has 0 aliphatic heterocycles. The highest BCUT2D eigenvalue weighted by Gasteiger charge is 2.25. The lowest BCUT2D eigenvalue weighted by Gasteiger charge is -2.21. The standard InChI is InChI=1S/C9H13NO5/c1-4-5(10(2)14)7(12)9(15-3)8(13)6(4)11/h10-13H,1-3H3. The number of rotatable bonds is 2. The number of hydrogen-bond acceptors (Lipinski definition) is 5. The second kappa shape index (κ2) is 3.84. The molecule has 1 rings (SSSR count). The molecule has 1 unspecified atom stereocenters. The summed E-state index contributed by atoms with van der Waals surface area (Å²) in [6.45, 7) is 1.42. The van der Waals surface area contributed by atoms with Gasteiger partial charge in [0.25, 0.3) is 0 Å². The maximum Gasteiger partial charge on any atom is 0.225 e. The van der Waals surface area contributed by atoms with Gasteiger partial charge in [0.2, 0.25) is 17.2 Å². The number of aromatic hydroxyl groups is 3. The molecule has 0 heterocycles. The quantitative estimate of drug-likeness (QED) is 0.310. The third-order valence-corrected chi connectivity index (χ3v) is 2.18. The van der Waals surface area contributed by atoms with Gasteiger partial charge in [0.1, 0.15) is 0 Å². The molecule has 6 nitrogen and oxygen atoms in total. The summed E-state index contributed by atoms with van der Waals surface area (Å²) >= 11 is 0. The highest BCUT2D eigenvalue weighted by molar-refractivity contribution is 5.71. The Labute approximate surface area is 86.5 Å². The number of benzene rings is 1. The number of phenolic OH excluding ortho intramolecular Hbond substituents is 3. The molecule has 84 valence electrons. The molecular formula is C9H13NO5. The maximum atomic E-state index is 11.2. The number of methoxy groups -OCH3 is 1. The third-order valence-electron chi connectivity index (χ3n) is 2.18. The van der Waals surface area contributed by atoms with E-state index in [1.807, 2.05) is 0 Å². The normalized spacial score (nSPS) is 12.5. The summed E-state index contributed by atoms with van der Waals surface area (Å²) in [6, 6.07) is 0. The zero-order chi connectivity index (χ0) is 11.7. The predicted octanol–water partition coefficient (Wildman–Crippen LogP) is -0.236. The monoisotopic (exact) mass is 215 g/mol. The number of nitrogens with one attached hydrogen (secondary N) is 1. The van der Waals surface area contributed by atoms with Crippen molar-refractivity contribution in [2.45, 2.75) is 6.92 Å². The molecule has 6 heteroatoms. The predicted molar refractivity (Wildman–Crippen MR) is 52.6 cm³/mol. The summed E-state index contributed by atoms with van der Waals surface area (Å²) in [6.07, 6.45) is 0. The highest BCUT2D eigenvalue weighted by Crippen LogP contribution is 2.48. The van der Waals surface area contributed by atoms with Gasteiger partial charge in [-0.1, -0.05) is 0 Å². The number of hydroxylamine groups is 1. The number of ether oxygens (including phenoxy) is 1. The van der Waals surface area contributed by atoms with Crippen LogP contribution < -0.4 is 9.80 Å². The van der Waals surface area contributed by atoms with Crippen LogP contribution in [0.1, 0.15) is 5.56 Å². The first-order chi connectivity index (χ1) is 6.91. The van der Waals surface area contributed by atoms with Crippen LogP contribution in [-0.2, 0) is 0 Å². The molecule has 4 N–H and O–H groups in total. The van der Waals surface area contributed by atoms with Gasteiger partial charge in [-0.2, -0.15) is 0 Å². The highest BCUT2D eigenvalue weighted by atomic mass is 16.5. The van der Waals surface area contributed by atoms with Crippen LogP contribution in [0.2, 0.25) is 0 Å². The lowest BCUT2D eigenvalue weighted by atomic mass is 10.1. The summed E-state index contributed by atoms with van der Waals surface area (Å²) in [5.74, 6) is -1.80. The maximum absolute atomic E-state index is 11.2. The summed E-state index contributed by atoms with van der Waals surface area (Å²) in [7, 11) is 2.46. The van der Waals surface area contributed by atoms with Crippen LogP contribution in [0, 0.1) is 12.1 Å². The smallest absolute Gasteiger partial charge is 0.225 e. The van der Waals surface area contributed by atoms with Gasteiger partial charge in [0.05, 0.1) is 19.7 Å². The first-order valence-corrected chi connectivity index (χ1v) is 4.24. The molecule has 0 radical (unpaired) electrons. The van der Waals surface area contributed by atoms with E-state index in [4.69, 9.17) is 4.74 Å². The molecule has 15 heavy (non-hydrogen) atoms. The van der Waals surface area contributed by atoms with Gasteiger partial charge in [-0.15, -0.1) is 0 Å². The van der Waals surface area contributed by atoms with Crippen molar-refractivity contribution < 1.29 is 25.1 Å². The van der Waals surface area contributed by atoms with Crippen molar-refractivity contribution in [3.63, 3.8) is 0 Å². The Balaban J connectivity index is 3.60. The van der Waals surface area contributed by atoms with Crippen LogP contribution in [-0.4, -0.2) is 29.5 Å². The minimum absolute atomic E-state index is 0.0536. The SMILES string of the molecule is COc1c(O)c(O)c(C)c([NH+](C)[O-])c1O. The van der Waals surface area contributed by atoms with E-state index in [0.717, 1.165) is 0 Å². The van der Waals surface area contributed by atoms with Crippen molar-refractivity contribution in [3.8, 4) is 23.0 Å². The van der Waals surface area contributed by atoms with Gasteiger partial charge in [-0.3, -0.25) is 0 Å². The molecule has 0 amide bonds. The second-order valence-corrected chi connectivity index (χ2v) is 3.14. The van der Waals surface area contributed by atoms with E-state index in [1.54, 1.807) is 0 Å². The Kier molecular flexibility index (Phi) is 2.92. The first-order valence-electron chi connectivity index (χ1n) is 4.24. The van der Waals surface area contributed by atoms with Crippen molar-refractivity contribution in [3.05, 3.63) is 10.8 Å². The van der Waals surface area contributed by atoms with Crippen molar-refractivity contribution >= 4 is 5.69 Å². The van der Waals surface area contributed by atoms with Crippen molar-refractivity contribution in [2.75, 3.05) is 14.2 Å². The fourth-order valence-electron chi connectivity index (χ4n) is 1.43. The van der Waals surface area contributed by atoms with Crippen LogP contribution in [0.3, 0.4) is 0 Å². The van der Waals surface area contributed by atoms with Crippen molar-refractivity contribution in [1.29, 1.82) is 0 Å². The summed E-state index contributed by atoms with van der Waals surface area (Å²) in [4.78, 5) is 0. The van der Waals surface area contributed by atoms with Crippen molar-refractivity contribution in [2.24, 2.45) is 0 Å². The van der Waals surface area contributed by atoms with E-state index < -0.39 is 22.3 Å². The van der Waals surface area contributed by atoms with E-state index in [0.29, 0.717) is 0 Å². The molecular weight excluding hydrogens is 202 g/mol. The fourth-order valence-corrected chi connectivity index (χ4v) is 1.43. The van der Waals surface area contributed by atoms with Crippen LogP contribution >= 0.6 is 0 Å². The zero-order valence-electron chi connectivity index (χ0n) is 8.66. The molecule has 1 aromatic carbocycles. The number of quaternary nitrogens is 1. The fraction of sp³-hybridized carbons (Fsp3) is 0.333. The largest absolute Gasteiger partial charge is 0.629 e. The van der Waals surface area contributed by atoms with Gasteiger partial charge in [-0.25, -0.2) is 0 Å². The summed E-state index contributed by atoms with van der Waals surface area (Å²) in [5, 5.41) is 39.3. The van der Waals surface area contributed by atoms with E-state index in [2.05, 4.69) is 0 Å². The van der Waals surface area contributed by atoms with Gasteiger partial charge >= 0.3 is 0 Å². The van der Waals surface area contributed by atoms with E-state index in [9.17, 15) is 20.5 Å². The van der Waals surface area contributed by atoms with E-state index in [-0.39, 0.29) is 17.0 Å². The Morgan fingerprint density at radius 3 is 2.07 bits per heavy atom. The van der Waals surface area contributed by atoms with E-state index in [1.165, 1.54) is 21.1 Å². The molecule has 0 saturated heterocycles. The molecule has 1 atom stereocenters. The van der Waals surface area contributed by atoms with Crippen molar-refractivity contribution in [1.82, 2.24) is 0 Å². The van der Waals surface area contributed by atoms with Crippen LogP contribution in [0.25, 0.3) is 0 Å². The summed E-state index contributed by atoms with van der Waals surface area (Å²) in [5.41, 5.74) is 0.0699. The molecule has 0 aliphatic rings. The minimum atomic E-state index is -0.572. The molecule has 0 bridgehead atoms. The lowest BCUT2D eigenvalue weighted by molar-refractivity contribution is -0.752. The van der Waals surface area contributed by atoms with Gasteiger partial charge in [-0.05, 0) is 6.92 Å². The Morgan fingerprint density at radius 1 is 1.13 bits per heavy atom. The van der Waals surface area contributed by atoms with Gasteiger partial charge in [0.15, 0.2) is 11.4 Å². The Morgan fingerprint density at radius 2 is 1.67 bits per heavy atom. The molecule has 0 fully saturated rings. The molecule has 0 spiro atoms. The summed E-state index contributed by atoms with van der Waals surface area (Å²) < 4.78 is 4.69. The van der Waals surface area contributed by atoms with Crippen LogP contribution in [0.4, 0.5) is 5.69 Å². The average molecular weight is 215 g/mol. The third kappa shape index (κ3) is 1.64. The Hall–Kier alpha value is -1.66. The van der Waals surface area contributed by atoms with Crippen LogP contribution in [0.5, 0.6) is 23.0 Å². The number of phenols is 3. The topological polar surface area (TPSA) is 97.4 Å². The van der Waals surface area contributed by atoms with Gasteiger partial charge in [0, 0.05) is 0 Å². The minimum Gasteiger partial charge on any atom is -0.629 e. The molecule has 0 aliphatic carbocycles. The Bertz CT molecular complexity index is 389. The zero-order valence-corrected chi connectivity index (χ0v) is 8.66. The average Bonchev–Trinajstić information content (AvgIpc) is 2.15. The van der Waals surface area contributed by atoms with Crippen LogP contribution in [0.15, 0.2) is 0 Å². The van der Waals surface area contributed by atoms with Gasteiger partial charge < -0.3 is 30.3 Å². The second-order valence-electron chi connectivity index (χ2n) is 3.14. The number of hydrogen-bond donors (Lipinski definition) is 4.